The third-order valence-electron chi connectivity index (χ3n) is 2.29. The molecule has 0 amide bonds. The number of aromatic nitrogens is 1. The summed E-state index contributed by atoms with van der Waals surface area (Å²) in [5.74, 6) is -0.209. The molecule has 0 saturated heterocycles. The molecule has 0 unspecified atom stereocenters. The van der Waals surface area contributed by atoms with Crippen LogP contribution in [-0.4, -0.2) is 23.2 Å². The van der Waals surface area contributed by atoms with Crippen LogP contribution in [0.4, 0.5) is 0 Å². The highest BCUT2D eigenvalue weighted by Crippen LogP contribution is 2.29. The van der Waals surface area contributed by atoms with E-state index < -0.39 is 5.97 Å². The van der Waals surface area contributed by atoms with E-state index in [1.165, 1.54) is 11.3 Å². The number of carbonyl (C=O) groups is 1. The second-order valence-electron chi connectivity index (χ2n) is 3.44. The number of rotatable bonds is 3. The zero-order valence-corrected chi connectivity index (χ0v) is 10.2. The van der Waals surface area contributed by atoms with Crippen molar-refractivity contribution in [2.24, 2.45) is 0 Å². The Morgan fingerprint density at radius 2 is 2.00 bits per heavy atom. The van der Waals surface area contributed by atoms with Crippen LogP contribution in [0.1, 0.15) is 14.7 Å². The third-order valence-corrected chi connectivity index (χ3v) is 3.25. The minimum Gasteiger partial charge on any atom is -0.497 e. The van der Waals surface area contributed by atoms with E-state index in [-0.39, 0.29) is 4.88 Å². The summed E-state index contributed by atoms with van der Waals surface area (Å²) >= 11 is 1.19. The first-order valence-electron chi connectivity index (χ1n) is 4.97. The second kappa shape index (κ2) is 4.55. The van der Waals surface area contributed by atoms with E-state index in [0.717, 1.165) is 16.3 Å². The van der Waals surface area contributed by atoms with Gasteiger partial charge in [0, 0.05) is 5.56 Å². The Labute approximate surface area is 103 Å². The molecule has 0 saturated carbocycles. The summed E-state index contributed by atoms with van der Waals surface area (Å²) in [6.07, 6.45) is 0. The molecule has 2 rings (SSSR count). The quantitative estimate of drug-likeness (QED) is 0.908. The number of nitrogens with zero attached hydrogens (tertiary/aromatic N) is 1. The molecule has 0 atom stereocenters. The van der Waals surface area contributed by atoms with Crippen LogP contribution >= 0.6 is 11.3 Å². The van der Waals surface area contributed by atoms with Crippen molar-refractivity contribution in [2.75, 3.05) is 7.11 Å². The minimum atomic E-state index is -0.943. The molecule has 2 aromatic rings. The summed E-state index contributed by atoms with van der Waals surface area (Å²) in [5.41, 5.74) is 1.30. The lowest BCUT2D eigenvalue weighted by Crippen LogP contribution is -1.95. The molecule has 0 aliphatic carbocycles. The van der Waals surface area contributed by atoms with E-state index in [0.29, 0.717) is 5.69 Å². The summed E-state index contributed by atoms with van der Waals surface area (Å²) in [5, 5.41) is 9.83. The van der Waals surface area contributed by atoms with E-state index >= 15 is 0 Å². The largest absolute Gasteiger partial charge is 0.497 e. The van der Waals surface area contributed by atoms with E-state index in [9.17, 15) is 4.79 Å². The second-order valence-corrected chi connectivity index (χ2v) is 4.65. The lowest BCUT2D eigenvalue weighted by atomic mass is 10.1. The highest BCUT2D eigenvalue weighted by molar-refractivity contribution is 7.14. The smallest absolute Gasteiger partial charge is 0.348 e. The van der Waals surface area contributed by atoms with Crippen LogP contribution in [0.3, 0.4) is 0 Å². The van der Waals surface area contributed by atoms with E-state index in [4.69, 9.17) is 9.84 Å². The summed E-state index contributed by atoms with van der Waals surface area (Å²) in [6, 6.07) is 7.19. The van der Waals surface area contributed by atoms with Gasteiger partial charge in [-0.2, -0.15) is 0 Å². The van der Waals surface area contributed by atoms with Crippen LogP contribution in [0.25, 0.3) is 11.3 Å². The molecule has 0 radical (unpaired) electrons. The normalized spacial score (nSPS) is 10.2. The van der Waals surface area contributed by atoms with E-state index in [2.05, 4.69) is 4.98 Å². The fourth-order valence-electron chi connectivity index (χ4n) is 1.52. The Morgan fingerprint density at radius 3 is 2.53 bits per heavy atom. The number of carboxylic acid groups (broad SMARTS) is 1. The van der Waals surface area contributed by atoms with Crippen LogP contribution in [0.2, 0.25) is 0 Å². The van der Waals surface area contributed by atoms with Crippen LogP contribution < -0.4 is 4.74 Å². The van der Waals surface area contributed by atoms with Crippen LogP contribution in [-0.2, 0) is 0 Å². The first-order valence-corrected chi connectivity index (χ1v) is 5.78. The van der Waals surface area contributed by atoms with Gasteiger partial charge < -0.3 is 9.84 Å². The maximum absolute atomic E-state index is 11.1. The van der Waals surface area contributed by atoms with Crippen molar-refractivity contribution in [1.82, 2.24) is 4.98 Å². The zero-order chi connectivity index (χ0) is 12.4. The molecule has 1 aromatic carbocycles. The summed E-state index contributed by atoms with van der Waals surface area (Å²) in [7, 11) is 1.59. The van der Waals surface area contributed by atoms with Gasteiger partial charge in [-0.05, 0) is 31.2 Å². The van der Waals surface area contributed by atoms with Gasteiger partial charge >= 0.3 is 5.97 Å². The summed E-state index contributed by atoms with van der Waals surface area (Å²) in [6.45, 7) is 1.80. The molecule has 17 heavy (non-hydrogen) atoms. The molecule has 0 bridgehead atoms. The Hall–Kier alpha value is -1.88. The summed E-state index contributed by atoms with van der Waals surface area (Å²) < 4.78 is 5.05. The van der Waals surface area contributed by atoms with Gasteiger partial charge in [0.05, 0.1) is 17.8 Å². The Bertz CT molecular complexity index is 545. The number of aromatic carboxylic acids is 1. The molecular formula is C12H11NO3S. The molecule has 4 nitrogen and oxygen atoms in total. The van der Waals surface area contributed by atoms with Crippen molar-refractivity contribution in [3.63, 3.8) is 0 Å². The monoisotopic (exact) mass is 249 g/mol. The van der Waals surface area contributed by atoms with Crippen molar-refractivity contribution in [3.8, 4) is 17.0 Å². The molecule has 0 aliphatic rings. The topological polar surface area (TPSA) is 59.4 Å². The highest BCUT2D eigenvalue weighted by Gasteiger charge is 2.17. The Kier molecular flexibility index (Phi) is 3.10. The number of methoxy groups -OCH3 is 1. The van der Waals surface area contributed by atoms with Gasteiger partial charge in [0.15, 0.2) is 0 Å². The fraction of sp³-hybridized carbons (Fsp3) is 0.167. The van der Waals surface area contributed by atoms with Crippen LogP contribution in [0.5, 0.6) is 5.75 Å². The summed E-state index contributed by atoms with van der Waals surface area (Å²) in [4.78, 5) is 15.6. The fourth-order valence-corrected chi connectivity index (χ4v) is 2.30. The Balaban J connectivity index is 2.48. The molecule has 88 valence electrons. The predicted molar refractivity (Wildman–Crippen MR) is 65.8 cm³/mol. The van der Waals surface area contributed by atoms with Crippen molar-refractivity contribution in [3.05, 3.63) is 34.2 Å². The number of thiazole rings is 1. The molecule has 0 fully saturated rings. The molecule has 5 heteroatoms. The zero-order valence-electron chi connectivity index (χ0n) is 9.43. The van der Waals surface area contributed by atoms with Crippen molar-refractivity contribution >= 4 is 17.3 Å². The first-order chi connectivity index (χ1) is 8.11. The molecular weight excluding hydrogens is 238 g/mol. The molecule has 0 spiro atoms. The minimum absolute atomic E-state index is 0.271. The third kappa shape index (κ3) is 2.29. The van der Waals surface area contributed by atoms with Crippen molar-refractivity contribution in [1.29, 1.82) is 0 Å². The number of carboxylic acids is 1. The standard InChI is InChI=1S/C12H11NO3S/c1-7-13-10(11(17-7)12(14)15)8-3-5-9(16-2)6-4-8/h3-6H,1-2H3,(H,14,15). The molecule has 1 N–H and O–H groups in total. The SMILES string of the molecule is COc1ccc(-c2nc(C)sc2C(=O)O)cc1. The predicted octanol–water partition coefficient (Wildman–Crippen LogP) is 2.83. The molecule has 1 heterocycles. The van der Waals surface area contributed by atoms with E-state index in [1.54, 1.807) is 38.3 Å². The van der Waals surface area contributed by atoms with E-state index in [1.807, 2.05) is 0 Å². The number of ether oxygens (including phenoxy) is 1. The number of benzene rings is 1. The van der Waals surface area contributed by atoms with Gasteiger partial charge in [0.25, 0.3) is 0 Å². The lowest BCUT2D eigenvalue weighted by Gasteiger charge is -2.01. The van der Waals surface area contributed by atoms with Crippen LogP contribution in [0.15, 0.2) is 24.3 Å². The maximum atomic E-state index is 11.1. The first kappa shape index (κ1) is 11.6. The van der Waals surface area contributed by atoms with Crippen LogP contribution in [0, 0.1) is 6.92 Å². The number of hydrogen-bond acceptors (Lipinski definition) is 4. The van der Waals surface area contributed by atoms with Gasteiger partial charge in [-0.15, -0.1) is 11.3 Å². The average molecular weight is 249 g/mol. The van der Waals surface area contributed by atoms with Gasteiger partial charge in [-0.25, -0.2) is 9.78 Å². The molecule has 1 aromatic heterocycles. The highest BCUT2D eigenvalue weighted by atomic mass is 32.1. The van der Waals surface area contributed by atoms with Gasteiger partial charge in [-0.1, -0.05) is 0 Å². The number of hydrogen-bond donors (Lipinski definition) is 1. The maximum Gasteiger partial charge on any atom is 0.348 e. The van der Waals surface area contributed by atoms with Crippen molar-refractivity contribution in [2.45, 2.75) is 6.92 Å². The van der Waals surface area contributed by atoms with Gasteiger partial charge in [0.1, 0.15) is 10.6 Å². The molecule has 0 aliphatic heterocycles. The lowest BCUT2D eigenvalue weighted by molar-refractivity contribution is 0.0702. The van der Waals surface area contributed by atoms with Gasteiger partial charge in [0.2, 0.25) is 0 Å². The van der Waals surface area contributed by atoms with Gasteiger partial charge in [-0.3, -0.25) is 0 Å². The average Bonchev–Trinajstić information content (AvgIpc) is 2.72. The Morgan fingerprint density at radius 1 is 1.35 bits per heavy atom. The van der Waals surface area contributed by atoms with Crippen molar-refractivity contribution < 1.29 is 14.6 Å². The number of aryl methyl sites for hydroxylation is 1.